The summed E-state index contributed by atoms with van der Waals surface area (Å²) in [5.41, 5.74) is 1.16. The molecule has 0 amide bonds. The van der Waals surface area contributed by atoms with E-state index >= 15 is 0 Å². The first-order valence-electron chi connectivity index (χ1n) is 11.9. The number of benzene rings is 1. The zero-order valence-electron chi connectivity index (χ0n) is 19.9. The molecule has 3 aromatic rings. The van der Waals surface area contributed by atoms with E-state index in [0.717, 1.165) is 49.9 Å². The van der Waals surface area contributed by atoms with Gasteiger partial charge in [-0.3, -0.25) is 4.90 Å². The zero-order valence-corrected chi connectivity index (χ0v) is 20.7. The molecule has 11 heteroatoms. The van der Waals surface area contributed by atoms with Crippen LogP contribution in [0.1, 0.15) is 57.0 Å². The number of hydrogen-bond donors (Lipinski definition) is 0. The number of sulfonamides is 1. The van der Waals surface area contributed by atoms with Crippen molar-refractivity contribution in [3.8, 4) is 5.95 Å². The molecule has 0 N–H and O–H groups in total. The quantitative estimate of drug-likeness (QED) is 0.542. The van der Waals surface area contributed by atoms with E-state index in [1.165, 1.54) is 17.0 Å². The number of rotatable bonds is 5. The van der Waals surface area contributed by atoms with Gasteiger partial charge in [0.2, 0.25) is 15.9 Å². The number of hydrogen-bond acceptors (Lipinski definition) is 7. The second-order valence-electron chi connectivity index (χ2n) is 9.70. The Kier molecular flexibility index (Phi) is 5.97. The first-order valence-corrected chi connectivity index (χ1v) is 13.7. The Labute approximate surface area is 199 Å². The zero-order chi connectivity index (χ0) is 24.1. The molecular formula is C23H31FN6O3S. The molecule has 0 aliphatic carbocycles. The number of aryl methyl sites for hydroxylation is 1. The Morgan fingerprint density at radius 3 is 2.53 bits per heavy atom. The molecule has 0 spiro atoms. The van der Waals surface area contributed by atoms with Gasteiger partial charge in [0.15, 0.2) is 0 Å². The summed E-state index contributed by atoms with van der Waals surface area (Å²) in [4.78, 5) is 7.08. The van der Waals surface area contributed by atoms with Gasteiger partial charge >= 0.3 is 0 Å². The molecule has 2 aliphatic heterocycles. The highest BCUT2D eigenvalue weighted by atomic mass is 32.2. The maximum atomic E-state index is 14.6. The van der Waals surface area contributed by atoms with Gasteiger partial charge in [-0.2, -0.15) is 14.8 Å². The molecule has 4 heterocycles. The van der Waals surface area contributed by atoms with Crippen LogP contribution < -0.4 is 0 Å². The summed E-state index contributed by atoms with van der Waals surface area (Å²) in [6.07, 6.45) is 5.36. The molecule has 0 saturated carbocycles. The van der Waals surface area contributed by atoms with Gasteiger partial charge < -0.3 is 4.52 Å². The third-order valence-electron chi connectivity index (χ3n) is 7.56. The monoisotopic (exact) mass is 490 g/mol. The first-order chi connectivity index (χ1) is 16.2. The van der Waals surface area contributed by atoms with Crippen molar-refractivity contribution in [2.24, 2.45) is 0 Å². The largest absolute Gasteiger partial charge is 0.337 e. The van der Waals surface area contributed by atoms with E-state index in [9.17, 15) is 12.8 Å². The van der Waals surface area contributed by atoms with E-state index in [-0.39, 0.29) is 23.2 Å². The van der Waals surface area contributed by atoms with Crippen molar-refractivity contribution in [3.63, 3.8) is 0 Å². The Balaban J connectivity index is 1.28. The van der Waals surface area contributed by atoms with Crippen LogP contribution >= 0.6 is 0 Å². The predicted molar refractivity (Wildman–Crippen MR) is 126 cm³/mol. The van der Waals surface area contributed by atoms with E-state index < -0.39 is 10.0 Å². The van der Waals surface area contributed by atoms with Gasteiger partial charge in [0.25, 0.3) is 5.95 Å². The minimum absolute atomic E-state index is 0.00573. The van der Waals surface area contributed by atoms with Gasteiger partial charge in [-0.05, 0) is 63.3 Å². The van der Waals surface area contributed by atoms with Crippen molar-refractivity contribution in [1.29, 1.82) is 0 Å². The molecule has 0 atom stereocenters. The summed E-state index contributed by atoms with van der Waals surface area (Å²) in [6, 6.07) is 4.96. The van der Waals surface area contributed by atoms with Crippen LogP contribution in [0.3, 0.4) is 0 Å². The molecule has 2 aliphatic rings. The highest BCUT2D eigenvalue weighted by Gasteiger charge is 2.40. The van der Waals surface area contributed by atoms with Crippen molar-refractivity contribution < 1.29 is 17.3 Å². The van der Waals surface area contributed by atoms with Crippen molar-refractivity contribution in [3.05, 3.63) is 35.6 Å². The maximum absolute atomic E-state index is 14.6. The fourth-order valence-electron chi connectivity index (χ4n) is 5.35. The van der Waals surface area contributed by atoms with Crippen molar-refractivity contribution in [2.45, 2.75) is 57.4 Å². The van der Waals surface area contributed by atoms with Crippen molar-refractivity contribution >= 4 is 20.9 Å². The third kappa shape index (κ3) is 4.14. The summed E-state index contributed by atoms with van der Waals surface area (Å²) < 4.78 is 46.9. The maximum Gasteiger partial charge on any atom is 0.291 e. The fraction of sp³-hybridized carbons (Fsp3) is 0.609. The lowest BCUT2D eigenvalue weighted by atomic mass is 9.85. The van der Waals surface area contributed by atoms with Gasteiger partial charge in [-0.25, -0.2) is 17.1 Å². The number of nitrogens with zero attached hydrogens (tertiary/aromatic N) is 6. The van der Waals surface area contributed by atoms with E-state index in [1.807, 2.05) is 13.0 Å². The summed E-state index contributed by atoms with van der Waals surface area (Å²) >= 11 is 0. The summed E-state index contributed by atoms with van der Waals surface area (Å²) in [5.74, 6) is 0.589. The molecule has 2 saturated heterocycles. The molecule has 9 nitrogen and oxygen atoms in total. The highest BCUT2D eigenvalue weighted by Crippen LogP contribution is 2.36. The van der Waals surface area contributed by atoms with E-state index in [1.54, 1.807) is 10.4 Å². The molecule has 184 valence electrons. The first kappa shape index (κ1) is 23.4. The van der Waals surface area contributed by atoms with Crippen LogP contribution in [-0.4, -0.2) is 75.5 Å². The second-order valence-corrected chi connectivity index (χ2v) is 11.7. The summed E-state index contributed by atoms with van der Waals surface area (Å²) in [7, 11) is -3.13. The Bertz CT molecular complexity index is 1290. The number of halogens is 1. The molecule has 34 heavy (non-hydrogen) atoms. The minimum Gasteiger partial charge on any atom is -0.337 e. The van der Waals surface area contributed by atoms with E-state index in [0.29, 0.717) is 30.9 Å². The molecule has 0 unspecified atom stereocenters. The number of para-hydroxylation sites is 1. The highest BCUT2D eigenvalue weighted by molar-refractivity contribution is 7.88. The van der Waals surface area contributed by atoms with Gasteiger partial charge in [0.05, 0.1) is 11.9 Å². The topological polar surface area (TPSA) is 97.4 Å². The molecule has 2 aromatic heterocycles. The molecule has 0 radical (unpaired) electrons. The van der Waals surface area contributed by atoms with Crippen LogP contribution in [-0.2, 0) is 16.4 Å². The van der Waals surface area contributed by atoms with Gasteiger partial charge in [-0.15, -0.1) is 0 Å². The lowest BCUT2D eigenvalue weighted by molar-refractivity contribution is 0.0316. The fourth-order valence-corrected chi connectivity index (χ4v) is 6.20. The van der Waals surface area contributed by atoms with Crippen molar-refractivity contribution in [1.82, 2.24) is 29.1 Å². The normalized spacial score (nSPS) is 20.8. The standard InChI is InChI=1S/C23H31FN6O3S/c1-4-19-17-6-5-7-18(24)20(17)30(26-19)22-25-21(33-27-22)16-8-12-28(13-9-16)23(2)10-14-29(15-11-23)34(3,31)32/h5-7,16H,4,8-15H2,1-3H3. The Hall–Kier alpha value is -2.37. The molecular weight excluding hydrogens is 459 g/mol. The molecule has 0 bridgehead atoms. The number of likely N-dealkylation sites (tertiary alicyclic amines) is 1. The molecule has 2 fully saturated rings. The van der Waals surface area contributed by atoms with Crippen LogP contribution in [0.25, 0.3) is 16.9 Å². The molecule has 5 rings (SSSR count). The van der Waals surface area contributed by atoms with Crippen LogP contribution in [0.4, 0.5) is 4.39 Å². The Morgan fingerprint density at radius 2 is 1.88 bits per heavy atom. The van der Waals surface area contributed by atoms with Crippen LogP contribution in [0.2, 0.25) is 0 Å². The van der Waals surface area contributed by atoms with Crippen LogP contribution in [0.5, 0.6) is 0 Å². The number of fused-ring (bicyclic) bond motifs is 1. The van der Waals surface area contributed by atoms with Crippen LogP contribution in [0.15, 0.2) is 22.7 Å². The lowest BCUT2D eigenvalue weighted by Crippen LogP contribution is -2.56. The SMILES string of the molecule is CCc1nn(-c2noc(C3CCN(C4(C)CCN(S(C)(=O)=O)CC4)CC3)n2)c2c(F)cccc12. The lowest BCUT2D eigenvalue weighted by Gasteiger charge is -2.48. The minimum atomic E-state index is -3.13. The van der Waals surface area contributed by atoms with Crippen LogP contribution in [0, 0.1) is 5.82 Å². The second kappa shape index (κ2) is 8.69. The third-order valence-corrected chi connectivity index (χ3v) is 8.86. The van der Waals surface area contributed by atoms with E-state index in [4.69, 9.17) is 4.52 Å². The smallest absolute Gasteiger partial charge is 0.291 e. The van der Waals surface area contributed by atoms with E-state index in [2.05, 4.69) is 27.1 Å². The average Bonchev–Trinajstić information content (AvgIpc) is 3.44. The number of piperidine rings is 2. The molecule has 1 aromatic carbocycles. The average molecular weight is 491 g/mol. The van der Waals surface area contributed by atoms with Gasteiger partial charge in [0, 0.05) is 29.9 Å². The van der Waals surface area contributed by atoms with Gasteiger partial charge in [0.1, 0.15) is 11.3 Å². The summed E-state index contributed by atoms with van der Waals surface area (Å²) in [6.45, 7) is 7.12. The van der Waals surface area contributed by atoms with Crippen molar-refractivity contribution in [2.75, 3.05) is 32.4 Å². The Morgan fingerprint density at radius 1 is 1.18 bits per heavy atom. The predicted octanol–water partition coefficient (Wildman–Crippen LogP) is 3.10. The summed E-state index contributed by atoms with van der Waals surface area (Å²) in [5, 5.41) is 9.43. The number of aromatic nitrogens is 4. The van der Waals surface area contributed by atoms with Gasteiger partial charge in [-0.1, -0.05) is 19.1 Å².